The Hall–Kier alpha value is -2.35. The van der Waals surface area contributed by atoms with Gasteiger partial charge in [0.05, 0.1) is 5.56 Å². The van der Waals surface area contributed by atoms with E-state index < -0.39 is 11.2 Å². The lowest BCUT2D eigenvalue weighted by Crippen LogP contribution is -2.45. The van der Waals surface area contributed by atoms with Crippen LogP contribution in [0.5, 0.6) is 0 Å². The molecule has 1 aromatic rings. The van der Waals surface area contributed by atoms with Crippen LogP contribution in [0, 0.1) is 0 Å². The minimum absolute atomic E-state index is 0.0798. The number of nitrogens with zero attached hydrogens (tertiary/aromatic N) is 2. The van der Waals surface area contributed by atoms with Gasteiger partial charge < -0.3 is 10.4 Å². The molecular weight excluding hydrogens is 378 g/mol. The quantitative estimate of drug-likeness (QED) is 0.612. The first-order chi connectivity index (χ1) is 13.5. The third kappa shape index (κ3) is 6.09. The van der Waals surface area contributed by atoms with Crippen molar-refractivity contribution in [1.82, 2.24) is 4.90 Å². The number of unbranched alkanes of at least 4 members (excludes halogenated alkanes) is 2. The third-order valence-corrected chi connectivity index (χ3v) is 5.55. The number of anilines is 1. The van der Waals surface area contributed by atoms with Gasteiger partial charge in [-0.15, -0.1) is 0 Å². The fourth-order valence-electron chi connectivity index (χ4n) is 2.67. The summed E-state index contributed by atoms with van der Waals surface area (Å²) >= 11 is 1.33. The number of carbonyl (C=O) groups excluding carboxylic acids is 2. The Morgan fingerprint density at radius 2 is 1.89 bits per heavy atom. The molecule has 2 amide bonds. The number of amidine groups is 1. The van der Waals surface area contributed by atoms with Gasteiger partial charge in [-0.3, -0.25) is 19.5 Å². The van der Waals surface area contributed by atoms with Crippen molar-refractivity contribution in [2.75, 3.05) is 18.4 Å². The smallest absolute Gasteiger partial charge is 0.335 e. The summed E-state index contributed by atoms with van der Waals surface area (Å²) in [5, 5.41) is 11.8. The Balaban J connectivity index is 2.07. The molecule has 2 N–H and O–H groups in total. The van der Waals surface area contributed by atoms with E-state index in [0.29, 0.717) is 23.9 Å². The molecule has 1 fully saturated rings. The Bertz CT molecular complexity index is 733. The van der Waals surface area contributed by atoms with Crippen LogP contribution in [0.1, 0.15) is 56.3 Å². The van der Waals surface area contributed by atoms with Crippen LogP contribution in [0.15, 0.2) is 29.3 Å². The van der Waals surface area contributed by atoms with Crippen LogP contribution in [0.25, 0.3) is 0 Å². The Labute approximate surface area is 169 Å². The maximum absolute atomic E-state index is 12.7. The van der Waals surface area contributed by atoms with E-state index >= 15 is 0 Å². The number of benzene rings is 1. The molecule has 0 spiro atoms. The average molecular weight is 406 g/mol. The number of carboxylic acid groups (broad SMARTS) is 1. The highest BCUT2D eigenvalue weighted by molar-refractivity contribution is 8.15. The van der Waals surface area contributed by atoms with Gasteiger partial charge in [0, 0.05) is 25.2 Å². The highest BCUT2D eigenvalue weighted by Gasteiger charge is 2.35. The first-order valence-corrected chi connectivity index (χ1v) is 10.5. The number of aliphatic imine (C=N–C) groups is 1. The van der Waals surface area contributed by atoms with Crippen molar-refractivity contribution in [3.05, 3.63) is 29.8 Å². The number of rotatable bonds is 9. The van der Waals surface area contributed by atoms with Gasteiger partial charge in [0.2, 0.25) is 11.8 Å². The first-order valence-electron chi connectivity index (χ1n) is 9.62. The minimum atomic E-state index is -1.02. The van der Waals surface area contributed by atoms with Gasteiger partial charge in [0.15, 0.2) is 5.17 Å². The summed E-state index contributed by atoms with van der Waals surface area (Å²) in [6, 6.07) is 5.95. The highest BCUT2D eigenvalue weighted by atomic mass is 32.2. The number of nitrogens with one attached hydrogen (secondary N) is 1. The molecule has 1 unspecified atom stereocenters. The van der Waals surface area contributed by atoms with Gasteiger partial charge >= 0.3 is 5.97 Å². The Morgan fingerprint density at radius 1 is 1.21 bits per heavy atom. The number of carboxylic acids is 1. The van der Waals surface area contributed by atoms with Gasteiger partial charge in [0.25, 0.3) is 0 Å². The lowest BCUT2D eigenvalue weighted by molar-refractivity contribution is -0.129. The number of hydrogen-bond acceptors (Lipinski definition) is 5. The molecule has 1 atom stereocenters. The number of hydrogen-bond donors (Lipinski definition) is 2. The molecule has 1 aliphatic rings. The largest absolute Gasteiger partial charge is 0.478 e. The van der Waals surface area contributed by atoms with Crippen LogP contribution in [0.4, 0.5) is 5.69 Å². The molecule has 0 radical (unpaired) electrons. The summed E-state index contributed by atoms with van der Waals surface area (Å²) in [5.41, 5.74) is 0.651. The van der Waals surface area contributed by atoms with Crippen molar-refractivity contribution < 1.29 is 19.5 Å². The monoisotopic (exact) mass is 405 g/mol. The second-order valence-corrected chi connectivity index (χ2v) is 7.77. The lowest BCUT2D eigenvalue weighted by Gasteiger charge is -2.31. The molecule has 28 heavy (non-hydrogen) atoms. The normalized spacial score (nSPS) is 18.4. The lowest BCUT2D eigenvalue weighted by atomic mass is 10.2. The maximum Gasteiger partial charge on any atom is 0.335 e. The van der Waals surface area contributed by atoms with E-state index in [4.69, 9.17) is 5.11 Å². The van der Waals surface area contributed by atoms with Gasteiger partial charge in [-0.1, -0.05) is 38.5 Å². The topological polar surface area (TPSA) is 99.1 Å². The van der Waals surface area contributed by atoms with Crippen molar-refractivity contribution >= 4 is 40.4 Å². The molecule has 0 bridgehead atoms. The van der Waals surface area contributed by atoms with E-state index in [2.05, 4.69) is 24.2 Å². The van der Waals surface area contributed by atoms with E-state index in [1.807, 2.05) is 0 Å². The van der Waals surface area contributed by atoms with Gasteiger partial charge in [-0.05, 0) is 37.1 Å². The fraction of sp³-hybridized carbons (Fsp3) is 0.500. The van der Waals surface area contributed by atoms with Crippen LogP contribution in [-0.4, -0.2) is 51.3 Å². The molecule has 2 rings (SSSR count). The van der Waals surface area contributed by atoms with Crippen molar-refractivity contribution in [1.29, 1.82) is 0 Å². The third-order valence-electron chi connectivity index (χ3n) is 4.33. The average Bonchev–Trinajstić information content (AvgIpc) is 2.67. The van der Waals surface area contributed by atoms with Crippen molar-refractivity contribution in [2.24, 2.45) is 4.99 Å². The molecule has 1 aliphatic heterocycles. The molecule has 152 valence electrons. The summed E-state index contributed by atoms with van der Waals surface area (Å²) in [6.07, 6.45) is 3.95. The number of amides is 2. The summed E-state index contributed by atoms with van der Waals surface area (Å²) in [5.74, 6) is -1.38. The predicted octanol–water partition coefficient (Wildman–Crippen LogP) is 3.61. The zero-order valence-electron chi connectivity index (χ0n) is 16.3. The first kappa shape index (κ1) is 21.9. The van der Waals surface area contributed by atoms with Crippen molar-refractivity contribution in [3.63, 3.8) is 0 Å². The molecule has 8 heteroatoms. The summed E-state index contributed by atoms with van der Waals surface area (Å²) in [7, 11) is 0. The summed E-state index contributed by atoms with van der Waals surface area (Å²) in [6.45, 7) is 5.42. The van der Waals surface area contributed by atoms with E-state index in [9.17, 15) is 14.4 Å². The molecule has 0 aliphatic carbocycles. The van der Waals surface area contributed by atoms with Crippen LogP contribution in [0.3, 0.4) is 0 Å². The minimum Gasteiger partial charge on any atom is -0.478 e. The van der Waals surface area contributed by atoms with Gasteiger partial charge in [0.1, 0.15) is 5.25 Å². The van der Waals surface area contributed by atoms with E-state index in [1.54, 1.807) is 17.0 Å². The number of thioether (sulfide) groups is 1. The molecule has 7 nitrogen and oxygen atoms in total. The second kappa shape index (κ2) is 10.8. The molecule has 1 aromatic carbocycles. The molecule has 1 saturated heterocycles. The van der Waals surface area contributed by atoms with Crippen molar-refractivity contribution in [2.45, 2.75) is 51.2 Å². The van der Waals surface area contributed by atoms with Crippen LogP contribution in [0.2, 0.25) is 0 Å². The predicted molar refractivity (Wildman–Crippen MR) is 112 cm³/mol. The summed E-state index contributed by atoms with van der Waals surface area (Å²) < 4.78 is 0. The molecular formula is C20H27N3O4S. The zero-order chi connectivity index (χ0) is 20.5. The Kier molecular flexibility index (Phi) is 8.50. The van der Waals surface area contributed by atoms with Gasteiger partial charge in [-0.25, -0.2) is 4.79 Å². The molecule has 0 aromatic heterocycles. The molecule has 1 heterocycles. The second-order valence-electron chi connectivity index (χ2n) is 6.60. The summed E-state index contributed by atoms with van der Waals surface area (Å²) in [4.78, 5) is 42.5. The van der Waals surface area contributed by atoms with Crippen LogP contribution < -0.4 is 5.32 Å². The number of carbonyl (C=O) groups is 3. The number of aromatic carboxylic acids is 1. The maximum atomic E-state index is 12.7. The fourth-order valence-corrected chi connectivity index (χ4v) is 3.80. The van der Waals surface area contributed by atoms with E-state index in [1.165, 1.54) is 23.9 Å². The standard InChI is InChI=1S/C20H27N3O4S/c1-3-5-11-21-20-23(12-6-4-2)17(24)13-16(28-20)18(25)22-15-9-7-14(8-10-15)19(26)27/h7-10,16H,3-6,11-13H2,1-2H3,(H,22,25)(H,26,27). The van der Waals surface area contributed by atoms with Crippen LogP contribution >= 0.6 is 11.8 Å². The van der Waals surface area contributed by atoms with E-state index in [0.717, 1.165) is 25.7 Å². The van der Waals surface area contributed by atoms with Gasteiger partial charge in [-0.2, -0.15) is 0 Å². The molecule has 0 saturated carbocycles. The van der Waals surface area contributed by atoms with E-state index in [-0.39, 0.29) is 23.8 Å². The Morgan fingerprint density at radius 3 is 2.50 bits per heavy atom. The SMILES string of the molecule is CCCCN=C1SC(C(=O)Nc2ccc(C(=O)O)cc2)CC(=O)N1CCCC. The highest BCUT2D eigenvalue weighted by Crippen LogP contribution is 2.28. The van der Waals surface area contributed by atoms with Crippen LogP contribution in [-0.2, 0) is 9.59 Å². The zero-order valence-corrected chi connectivity index (χ0v) is 17.1. The van der Waals surface area contributed by atoms with Crippen molar-refractivity contribution in [3.8, 4) is 0 Å².